The van der Waals surface area contributed by atoms with Gasteiger partial charge in [-0.25, -0.2) is 0 Å². The van der Waals surface area contributed by atoms with Crippen molar-refractivity contribution in [3.05, 3.63) is 50.3 Å². The summed E-state index contributed by atoms with van der Waals surface area (Å²) in [7, 11) is 0. The Morgan fingerprint density at radius 3 is 2.90 bits per heavy atom. The number of benzene rings is 1. The van der Waals surface area contributed by atoms with Crippen molar-refractivity contribution < 1.29 is 10.0 Å². The molecule has 0 saturated carbocycles. The molecule has 0 radical (unpaired) electrons. The van der Waals surface area contributed by atoms with Crippen LogP contribution in [0, 0.1) is 13.7 Å². The van der Waals surface area contributed by atoms with Gasteiger partial charge in [-0.05, 0) is 34.7 Å². The minimum absolute atomic E-state index is 0.0808. The number of aliphatic hydroxyl groups excluding tert-OH is 1. The van der Waals surface area contributed by atoms with Gasteiger partial charge in [-0.1, -0.05) is 12.1 Å². The Balaban J connectivity index is 1.87. The topological polar surface area (TPSA) is 93.2 Å². The van der Waals surface area contributed by atoms with Gasteiger partial charge in [0.05, 0.1) is 17.6 Å². The quantitative estimate of drug-likeness (QED) is 0.448. The van der Waals surface area contributed by atoms with Crippen molar-refractivity contribution in [2.75, 3.05) is 11.9 Å². The SMILES string of the molecule is O=[N+]([O-])c1cnn(CC(O)CNc2ccccc2I)c1. The van der Waals surface area contributed by atoms with Crippen LogP contribution >= 0.6 is 22.6 Å². The van der Waals surface area contributed by atoms with Gasteiger partial charge in [0.2, 0.25) is 0 Å². The number of nitrogens with one attached hydrogen (secondary N) is 1. The molecule has 2 aromatic rings. The summed E-state index contributed by atoms with van der Waals surface area (Å²) < 4.78 is 2.42. The Morgan fingerprint density at radius 2 is 2.25 bits per heavy atom. The third-order valence-electron chi connectivity index (χ3n) is 2.63. The summed E-state index contributed by atoms with van der Waals surface area (Å²) in [6, 6.07) is 7.74. The van der Waals surface area contributed by atoms with E-state index in [-0.39, 0.29) is 12.2 Å². The lowest BCUT2D eigenvalue weighted by atomic mass is 10.3. The maximum atomic E-state index is 10.5. The first-order valence-electron chi connectivity index (χ1n) is 5.89. The van der Waals surface area contributed by atoms with Crippen LogP contribution in [-0.4, -0.2) is 32.5 Å². The van der Waals surface area contributed by atoms with E-state index in [9.17, 15) is 15.2 Å². The Kier molecular flexibility index (Phi) is 4.90. The molecule has 0 aliphatic rings. The van der Waals surface area contributed by atoms with Gasteiger partial charge in [-0.2, -0.15) is 5.10 Å². The monoisotopic (exact) mass is 388 g/mol. The van der Waals surface area contributed by atoms with Crippen LogP contribution in [0.1, 0.15) is 0 Å². The van der Waals surface area contributed by atoms with Gasteiger partial charge in [0, 0.05) is 15.8 Å². The third-order valence-corrected chi connectivity index (χ3v) is 3.57. The van der Waals surface area contributed by atoms with E-state index < -0.39 is 11.0 Å². The molecule has 0 aliphatic heterocycles. The fourth-order valence-electron chi connectivity index (χ4n) is 1.66. The fraction of sp³-hybridized carbons (Fsp3) is 0.250. The highest BCUT2D eigenvalue weighted by Gasteiger charge is 2.12. The average molecular weight is 388 g/mol. The van der Waals surface area contributed by atoms with Crippen molar-refractivity contribution in [2.24, 2.45) is 0 Å². The number of anilines is 1. The summed E-state index contributed by atoms with van der Waals surface area (Å²) in [6.45, 7) is 0.540. The second-order valence-electron chi connectivity index (χ2n) is 4.19. The first-order valence-corrected chi connectivity index (χ1v) is 6.97. The molecule has 0 fully saturated rings. The Morgan fingerprint density at radius 1 is 1.50 bits per heavy atom. The average Bonchev–Trinajstić information content (AvgIpc) is 2.86. The molecule has 8 heteroatoms. The number of aliphatic hydroxyl groups is 1. The van der Waals surface area contributed by atoms with E-state index in [1.54, 1.807) is 0 Å². The first-order chi connectivity index (χ1) is 9.56. The van der Waals surface area contributed by atoms with E-state index in [0.29, 0.717) is 6.54 Å². The summed E-state index contributed by atoms with van der Waals surface area (Å²) in [5.74, 6) is 0. The van der Waals surface area contributed by atoms with Crippen LogP contribution in [0.15, 0.2) is 36.7 Å². The van der Waals surface area contributed by atoms with Crippen molar-refractivity contribution in [1.82, 2.24) is 9.78 Å². The molecule has 2 N–H and O–H groups in total. The number of para-hydroxylation sites is 1. The molecule has 1 aromatic heterocycles. The highest BCUT2D eigenvalue weighted by atomic mass is 127. The molecule has 1 unspecified atom stereocenters. The molecule has 106 valence electrons. The maximum Gasteiger partial charge on any atom is 0.306 e. The number of hydrogen-bond acceptors (Lipinski definition) is 5. The predicted octanol–water partition coefficient (Wildman–Crippen LogP) is 1.87. The number of hydrogen-bond donors (Lipinski definition) is 2. The lowest BCUT2D eigenvalue weighted by Gasteiger charge is -2.13. The minimum atomic E-state index is -0.689. The van der Waals surface area contributed by atoms with Gasteiger partial charge in [0.15, 0.2) is 0 Å². The van der Waals surface area contributed by atoms with E-state index in [1.165, 1.54) is 17.1 Å². The fourth-order valence-corrected chi connectivity index (χ4v) is 2.24. The van der Waals surface area contributed by atoms with Crippen LogP contribution in [0.5, 0.6) is 0 Å². The van der Waals surface area contributed by atoms with Crippen molar-refractivity contribution in [3.63, 3.8) is 0 Å². The third kappa shape index (κ3) is 3.90. The smallest absolute Gasteiger partial charge is 0.306 e. The second-order valence-corrected chi connectivity index (χ2v) is 5.35. The number of aromatic nitrogens is 2. The van der Waals surface area contributed by atoms with E-state index in [4.69, 9.17) is 0 Å². The molecule has 1 atom stereocenters. The highest BCUT2D eigenvalue weighted by Crippen LogP contribution is 2.16. The van der Waals surface area contributed by atoms with Gasteiger partial charge in [0.1, 0.15) is 12.4 Å². The van der Waals surface area contributed by atoms with Gasteiger partial charge >= 0.3 is 5.69 Å². The zero-order valence-corrected chi connectivity index (χ0v) is 12.6. The zero-order chi connectivity index (χ0) is 14.5. The number of halogens is 1. The van der Waals surface area contributed by atoms with Crippen LogP contribution in [0.2, 0.25) is 0 Å². The summed E-state index contributed by atoms with van der Waals surface area (Å²) in [6.07, 6.45) is 1.78. The normalized spacial score (nSPS) is 12.1. The van der Waals surface area contributed by atoms with Crippen LogP contribution in [-0.2, 0) is 6.54 Å². The molecule has 1 aromatic carbocycles. The molecule has 20 heavy (non-hydrogen) atoms. The summed E-state index contributed by atoms with van der Waals surface area (Å²) in [5.41, 5.74) is 0.862. The van der Waals surface area contributed by atoms with Crippen LogP contribution in [0.3, 0.4) is 0 Å². The van der Waals surface area contributed by atoms with Gasteiger partial charge in [0.25, 0.3) is 0 Å². The molecule has 0 aliphatic carbocycles. The van der Waals surface area contributed by atoms with Crippen LogP contribution in [0.25, 0.3) is 0 Å². The first kappa shape index (κ1) is 14.7. The van der Waals surface area contributed by atoms with E-state index in [1.807, 2.05) is 24.3 Å². The van der Waals surface area contributed by atoms with Crippen molar-refractivity contribution in [3.8, 4) is 0 Å². The molecule has 7 nitrogen and oxygen atoms in total. The lowest BCUT2D eigenvalue weighted by Crippen LogP contribution is -2.25. The van der Waals surface area contributed by atoms with E-state index in [0.717, 1.165) is 9.26 Å². The standard InChI is InChI=1S/C12H13IN4O3/c13-11-3-1-2-4-12(11)14-6-10(18)8-16-7-9(5-15-16)17(19)20/h1-5,7,10,14,18H,6,8H2. The van der Waals surface area contributed by atoms with Crippen LogP contribution in [0.4, 0.5) is 11.4 Å². The molecule has 0 bridgehead atoms. The van der Waals surface area contributed by atoms with Gasteiger partial charge in [-0.3, -0.25) is 14.8 Å². The largest absolute Gasteiger partial charge is 0.389 e. The van der Waals surface area contributed by atoms with Crippen molar-refractivity contribution >= 4 is 34.0 Å². The number of nitrogens with zero attached hydrogens (tertiary/aromatic N) is 3. The molecule has 1 heterocycles. The molecular formula is C12H13IN4O3. The molecular weight excluding hydrogens is 375 g/mol. The lowest BCUT2D eigenvalue weighted by molar-refractivity contribution is -0.385. The number of rotatable bonds is 6. The second kappa shape index (κ2) is 6.66. The molecule has 0 spiro atoms. The van der Waals surface area contributed by atoms with E-state index >= 15 is 0 Å². The predicted molar refractivity (Wildman–Crippen MR) is 82.5 cm³/mol. The molecule has 2 rings (SSSR count). The highest BCUT2D eigenvalue weighted by molar-refractivity contribution is 14.1. The summed E-state index contributed by atoms with van der Waals surface area (Å²) in [4.78, 5) is 10.0. The summed E-state index contributed by atoms with van der Waals surface area (Å²) >= 11 is 2.20. The maximum absolute atomic E-state index is 10.5. The minimum Gasteiger partial charge on any atom is -0.389 e. The Labute approximate surface area is 128 Å². The molecule has 0 saturated heterocycles. The molecule has 0 amide bonds. The van der Waals surface area contributed by atoms with Crippen molar-refractivity contribution in [1.29, 1.82) is 0 Å². The van der Waals surface area contributed by atoms with Crippen molar-refractivity contribution in [2.45, 2.75) is 12.6 Å². The zero-order valence-electron chi connectivity index (χ0n) is 10.4. The Bertz CT molecular complexity index is 602. The van der Waals surface area contributed by atoms with Gasteiger partial charge < -0.3 is 10.4 Å². The summed E-state index contributed by atoms with van der Waals surface area (Å²) in [5, 5.41) is 27.4. The van der Waals surface area contributed by atoms with Crippen LogP contribution < -0.4 is 5.32 Å². The van der Waals surface area contributed by atoms with Gasteiger partial charge in [-0.15, -0.1) is 0 Å². The Hall–Kier alpha value is -1.68. The van der Waals surface area contributed by atoms with E-state index in [2.05, 4.69) is 33.0 Å². The number of nitro groups is 1.